The van der Waals surface area contributed by atoms with Gasteiger partial charge < -0.3 is 19.5 Å². The van der Waals surface area contributed by atoms with E-state index in [-0.39, 0.29) is 23.5 Å². The minimum atomic E-state index is -0.993. The van der Waals surface area contributed by atoms with Crippen LogP contribution in [0.3, 0.4) is 0 Å². The molecule has 35 heavy (non-hydrogen) atoms. The fraction of sp³-hybridized carbons (Fsp3) is 0.393. The Morgan fingerprint density at radius 1 is 1.00 bits per heavy atom. The number of nitrogens with zero attached hydrogens (tertiary/aromatic N) is 1. The van der Waals surface area contributed by atoms with Crippen molar-refractivity contribution in [2.75, 3.05) is 33.9 Å². The molecule has 0 unspecified atom stereocenters. The molecule has 0 saturated heterocycles. The number of benzene rings is 1. The smallest absolute Gasteiger partial charge is 0.333 e. The van der Waals surface area contributed by atoms with E-state index >= 15 is 0 Å². The summed E-state index contributed by atoms with van der Waals surface area (Å²) < 4.78 is 9.76. The van der Waals surface area contributed by atoms with Gasteiger partial charge in [-0.1, -0.05) is 75.6 Å². The van der Waals surface area contributed by atoms with Crippen molar-refractivity contribution < 1.29 is 29.0 Å². The Morgan fingerprint density at radius 3 is 2.00 bits per heavy atom. The van der Waals surface area contributed by atoms with Gasteiger partial charge in [-0.15, -0.1) is 0 Å². The first-order chi connectivity index (χ1) is 16.5. The molecule has 0 fully saturated rings. The second kappa shape index (κ2) is 21.1. The van der Waals surface area contributed by atoms with Crippen LogP contribution in [0.5, 0.6) is 0 Å². The topological polar surface area (TPSA) is 93.1 Å². The molecule has 0 amide bonds. The number of rotatable bonds is 12. The van der Waals surface area contributed by atoms with Crippen molar-refractivity contribution >= 4 is 24.0 Å². The molecular weight excluding hydrogens is 446 g/mol. The average Bonchev–Trinajstić information content (AvgIpc) is 2.83. The number of allylic oxidation sites excluding steroid dienone is 1. The quantitative estimate of drug-likeness (QED) is 0.243. The van der Waals surface area contributed by atoms with Crippen LogP contribution in [0.15, 0.2) is 72.9 Å². The molecule has 7 nitrogen and oxygen atoms in total. The summed E-state index contributed by atoms with van der Waals surface area (Å²) in [6.45, 7) is 17.3. The normalized spacial score (nSPS) is 10.1. The van der Waals surface area contributed by atoms with Crippen molar-refractivity contribution in [3.63, 3.8) is 0 Å². The number of esters is 2. The molecule has 0 bridgehead atoms. The number of ether oxygens (including phenoxy) is 2. The van der Waals surface area contributed by atoms with Crippen molar-refractivity contribution in [1.82, 2.24) is 4.90 Å². The molecule has 0 saturated carbocycles. The largest absolute Gasteiger partial charge is 0.478 e. The average molecular weight is 488 g/mol. The van der Waals surface area contributed by atoms with Crippen LogP contribution in [0.25, 0.3) is 6.08 Å². The Bertz CT molecular complexity index is 840. The molecule has 0 radical (unpaired) electrons. The number of hydrogen-bond acceptors (Lipinski definition) is 6. The zero-order valence-corrected chi connectivity index (χ0v) is 21.8. The zero-order chi connectivity index (χ0) is 27.2. The highest BCUT2D eigenvalue weighted by atomic mass is 16.5. The van der Waals surface area contributed by atoms with Gasteiger partial charge in [0.25, 0.3) is 0 Å². The third-order valence-corrected chi connectivity index (χ3v) is 4.17. The van der Waals surface area contributed by atoms with Crippen molar-refractivity contribution in [3.05, 3.63) is 78.4 Å². The van der Waals surface area contributed by atoms with Crippen molar-refractivity contribution in [1.29, 1.82) is 0 Å². The van der Waals surface area contributed by atoms with E-state index in [1.165, 1.54) is 18.6 Å². The van der Waals surface area contributed by atoms with E-state index in [9.17, 15) is 14.4 Å². The summed E-state index contributed by atoms with van der Waals surface area (Å²) in [4.78, 5) is 34.5. The van der Waals surface area contributed by atoms with Gasteiger partial charge in [0.15, 0.2) is 0 Å². The maximum atomic E-state index is 11.3. The molecule has 0 heterocycles. The monoisotopic (exact) mass is 487 g/mol. The van der Waals surface area contributed by atoms with Crippen LogP contribution in [0, 0.1) is 0 Å². The lowest BCUT2D eigenvalue weighted by Crippen LogP contribution is -2.20. The predicted octanol–water partition coefficient (Wildman–Crippen LogP) is 5.30. The second-order valence-corrected chi connectivity index (χ2v) is 7.82. The van der Waals surface area contributed by atoms with E-state index in [2.05, 4.69) is 19.7 Å². The molecule has 0 aliphatic heterocycles. The van der Waals surface area contributed by atoms with Crippen molar-refractivity contribution in [3.8, 4) is 0 Å². The van der Waals surface area contributed by atoms with Gasteiger partial charge in [0.2, 0.25) is 0 Å². The van der Waals surface area contributed by atoms with Gasteiger partial charge in [0.1, 0.15) is 6.61 Å². The van der Waals surface area contributed by atoms with E-state index in [0.717, 1.165) is 19.4 Å². The van der Waals surface area contributed by atoms with E-state index in [1.54, 1.807) is 6.92 Å². The summed E-state index contributed by atoms with van der Waals surface area (Å²) in [7, 11) is 3.85. The third-order valence-electron chi connectivity index (χ3n) is 4.17. The number of carboxylic acid groups (broad SMARTS) is 1. The summed E-state index contributed by atoms with van der Waals surface area (Å²) in [5.74, 6) is -1.76. The van der Waals surface area contributed by atoms with E-state index in [0.29, 0.717) is 18.8 Å². The van der Waals surface area contributed by atoms with Gasteiger partial charge in [-0.2, -0.15) is 0 Å². The van der Waals surface area contributed by atoms with Crippen LogP contribution in [0.2, 0.25) is 0 Å². The maximum Gasteiger partial charge on any atom is 0.333 e. The van der Waals surface area contributed by atoms with Gasteiger partial charge in [0.05, 0.1) is 6.61 Å². The number of unbranched alkanes of at least 4 members (excludes halogenated alkanes) is 1. The first-order valence-electron chi connectivity index (χ1n) is 11.4. The number of carbonyl (C=O) groups is 3. The SMILES string of the molecule is C=C(C)C(=O)OCCN(C)C.C=C(CC=C(C)C(=O)O)C(=O)OCCCC.C=Cc1ccccc1. The molecule has 0 aliphatic carbocycles. The Hall–Kier alpha value is -3.45. The minimum Gasteiger partial charge on any atom is -0.478 e. The second-order valence-electron chi connectivity index (χ2n) is 7.82. The fourth-order valence-electron chi connectivity index (χ4n) is 1.89. The lowest BCUT2D eigenvalue weighted by Gasteiger charge is -2.09. The van der Waals surface area contributed by atoms with Gasteiger partial charge >= 0.3 is 17.9 Å². The van der Waals surface area contributed by atoms with Gasteiger partial charge in [0, 0.05) is 23.3 Å². The fourth-order valence-corrected chi connectivity index (χ4v) is 1.89. The Kier molecular flexibility index (Phi) is 20.3. The number of carboxylic acids is 1. The van der Waals surface area contributed by atoms with Crippen LogP contribution >= 0.6 is 0 Å². The molecule has 0 atom stereocenters. The molecule has 194 valence electrons. The summed E-state index contributed by atoms with van der Waals surface area (Å²) in [5.41, 5.74) is 2.09. The number of carbonyl (C=O) groups excluding carboxylic acids is 2. The van der Waals surface area contributed by atoms with Crippen molar-refractivity contribution in [2.24, 2.45) is 0 Å². The van der Waals surface area contributed by atoms with Crippen LogP contribution in [0.4, 0.5) is 0 Å². The van der Waals surface area contributed by atoms with Crippen LogP contribution in [-0.4, -0.2) is 61.8 Å². The van der Waals surface area contributed by atoms with E-state index < -0.39 is 11.9 Å². The molecule has 0 aromatic heterocycles. The first-order valence-corrected chi connectivity index (χ1v) is 11.4. The zero-order valence-electron chi connectivity index (χ0n) is 21.8. The van der Waals surface area contributed by atoms with Crippen LogP contribution in [0.1, 0.15) is 45.6 Å². The minimum absolute atomic E-state index is 0.197. The van der Waals surface area contributed by atoms with Gasteiger partial charge in [-0.3, -0.25) is 0 Å². The highest BCUT2D eigenvalue weighted by Crippen LogP contribution is 2.06. The molecular formula is C28H41NO6. The highest BCUT2D eigenvalue weighted by Gasteiger charge is 2.08. The van der Waals surface area contributed by atoms with Crippen LogP contribution in [-0.2, 0) is 23.9 Å². The molecule has 7 heteroatoms. The molecule has 1 aromatic rings. The summed E-state index contributed by atoms with van der Waals surface area (Å²) in [5, 5.41) is 8.59. The predicted molar refractivity (Wildman–Crippen MR) is 142 cm³/mol. The lowest BCUT2D eigenvalue weighted by molar-refractivity contribution is -0.140. The third kappa shape index (κ3) is 20.9. The molecule has 0 spiro atoms. The summed E-state index contributed by atoms with van der Waals surface area (Å²) >= 11 is 0. The standard InChI is InChI=1S/C12H18O4.C8H15NO2.C8H8/c1-4-5-8-16-12(15)10(3)7-6-9(2)11(13)14;1-7(2)8(10)11-6-5-9(3)4;1-2-8-6-4-3-5-7-8/h6H,3-5,7-8H2,1-2H3,(H,13,14);1,5-6H2,2-4H3;2-7H,1H2. The summed E-state index contributed by atoms with van der Waals surface area (Å²) in [6, 6.07) is 10.0. The number of aliphatic carboxylic acids is 1. The molecule has 1 N–H and O–H groups in total. The Labute approximate surface area is 210 Å². The number of hydrogen-bond donors (Lipinski definition) is 1. The molecule has 1 rings (SSSR count). The van der Waals surface area contributed by atoms with E-state index in [4.69, 9.17) is 14.6 Å². The lowest BCUT2D eigenvalue weighted by atomic mass is 10.1. The van der Waals surface area contributed by atoms with Gasteiger partial charge in [-0.05, 0) is 46.3 Å². The molecule has 0 aliphatic rings. The first kappa shape index (κ1) is 33.7. The summed E-state index contributed by atoms with van der Waals surface area (Å²) in [6.07, 6.45) is 5.27. The van der Waals surface area contributed by atoms with Crippen LogP contribution < -0.4 is 0 Å². The Morgan fingerprint density at radius 2 is 1.57 bits per heavy atom. The maximum absolute atomic E-state index is 11.3. The number of likely N-dealkylation sites (N-methyl/N-ethyl adjacent to an activating group) is 1. The Balaban J connectivity index is 0. The van der Waals surface area contributed by atoms with Gasteiger partial charge in [-0.25, -0.2) is 14.4 Å². The highest BCUT2D eigenvalue weighted by molar-refractivity contribution is 5.89. The van der Waals surface area contributed by atoms with Crippen molar-refractivity contribution in [2.45, 2.75) is 40.0 Å². The van der Waals surface area contributed by atoms with E-state index in [1.807, 2.05) is 62.3 Å². The molecule has 1 aromatic carbocycles.